The highest BCUT2D eigenvalue weighted by Gasteiger charge is 2.33. The molecule has 1 atom stereocenters. The maximum absolute atomic E-state index is 9.25. The molecule has 37 heavy (non-hydrogen) atoms. The summed E-state index contributed by atoms with van der Waals surface area (Å²) in [6, 6.07) is 18.3. The zero-order valence-corrected chi connectivity index (χ0v) is 21.1. The Morgan fingerprint density at radius 2 is 1.78 bits per heavy atom. The minimum Gasteiger partial charge on any atom is -0.493 e. The minimum atomic E-state index is -0.251. The largest absolute Gasteiger partial charge is 0.493 e. The lowest BCUT2D eigenvalue weighted by Crippen LogP contribution is -2.40. The first-order chi connectivity index (χ1) is 18.2. The Kier molecular flexibility index (Phi) is 6.28. The summed E-state index contributed by atoms with van der Waals surface area (Å²) in [6.07, 6.45) is 1.73. The summed E-state index contributed by atoms with van der Waals surface area (Å²) in [6.45, 7) is 4.82. The standard InChI is InChI=1S/C29H30N4O4/c1-34-23-10-8-20(17-24(23)35-2)25-22-9-7-19-5-3-4-6-21(19)27(22)37-29-26(25)28(30)33(18-31-29)12-11-32-13-15-36-16-14-32/h3-10,17-18,25,30H,11-16H2,1-2H3/t25-/m1/s1. The Morgan fingerprint density at radius 3 is 2.59 bits per heavy atom. The predicted molar refractivity (Wildman–Crippen MR) is 140 cm³/mol. The molecule has 1 fully saturated rings. The van der Waals surface area contributed by atoms with Gasteiger partial charge in [-0.05, 0) is 23.1 Å². The lowest BCUT2D eigenvalue weighted by Gasteiger charge is -2.30. The van der Waals surface area contributed by atoms with E-state index in [1.807, 2.05) is 34.9 Å². The molecule has 2 aliphatic heterocycles. The first kappa shape index (κ1) is 23.5. The van der Waals surface area contributed by atoms with Crippen LogP contribution in [0.4, 0.5) is 0 Å². The van der Waals surface area contributed by atoms with Crippen LogP contribution in [-0.2, 0) is 11.3 Å². The maximum atomic E-state index is 9.25. The Labute approximate surface area is 215 Å². The van der Waals surface area contributed by atoms with Crippen molar-refractivity contribution in [2.75, 3.05) is 47.1 Å². The number of rotatable bonds is 6. The molecule has 6 rings (SSSR count). The number of aromatic nitrogens is 2. The monoisotopic (exact) mass is 498 g/mol. The van der Waals surface area contributed by atoms with E-state index >= 15 is 0 Å². The second-order valence-corrected chi connectivity index (χ2v) is 9.31. The Balaban J connectivity index is 1.49. The van der Waals surface area contributed by atoms with E-state index in [-0.39, 0.29) is 5.92 Å². The molecular weight excluding hydrogens is 468 g/mol. The highest BCUT2D eigenvalue weighted by atomic mass is 16.5. The van der Waals surface area contributed by atoms with Gasteiger partial charge >= 0.3 is 0 Å². The summed E-state index contributed by atoms with van der Waals surface area (Å²) in [7, 11) is 3.27. The molecule has 190 valence electrons. The fraction of sp³-hybridized carbons (Fsp3) is 0.310. The zero-order valence-electron chi connectivity index (χ0n) is 21.1. The molecule has 0 bridgehead atoms. The Hall–Kier alpha value is -3.88. The number of benzene rings is 3. The molecule has 1 aromatic heterocycles. The molecule has 4 aromatic rings. The van der Waals surface area contributed by atoms with Crippen molar-refractivity contribution in [2.45, 2.75) is 12.5 Å². The molecule has 1 N–H and O–H groups in total. The molecule has 3 aromatic carbocycles. The van der Waals surface area contributed by atoms with Crippen LogP contribution in [0.15, 0.2) is 60.9 Å². The summed E-state index contributed by atoms with van der Waals surface area (Å²) >= 11 is 0. The fourth-order valence-corrected chi connectivity index (χ4v) is 5.32. The van der Waals surface area contributed by atoms with Crippen molar-refractivity contribution >= 4 is 10.8 Å². The summed E-state index contributed by atoms with van der Waals surface area (Å²) in [5, 5.41) is 11.4. The van der Waals surface area contributed by atoms with Crippen LogP contribution in [0, 0.1) is 5.41 Å². The van der Waals surface area contributed by atoms with Crippen molar-refractivity contribution in [1.29, 1.82) is 5.41 Å². The molecule has 0 aliphatic carbocycles. The van der Waals surface area contributed by atoms with Crippen LogP contribution < -0.4 is 19.7 Å². The number of fused-ring (bicyclic) bond motifs is 4. The van der Waals surface area contributed by atoms with Crippen LogP contribution in [0.3, 0.4) is 0 Å². The number of nitrogens with one attached hydrogen (secondary N) is 1. The van der Waals surface area contributed by atoms with E-state index < -0.39 is 0 Å². The molecule has 0 spiro atoms. The molecule has 3 heterocycles. The van der Waals surface area contributed by atoms with Gasteiger partial charge in [0.25, 0.3) is 0 Å². The Bertz CT molecular complexity index is 1510. The topological polar surface area (TPSA) is 81.8 Å². The third-order valence-corrected chi connectivity index (χ3v) is 7.30. The first-order valence-corrected chi connectivity index (χ1v) is 12.5. The first-order valence-electron chi connectivity index (χ1n) is 12.5. The number of hydrogen-bond donors (Lipinski definition) is 1. The van der Waals surface area contributed by atoms with Gasteiger partial charge in [0.15, 0.2) is 11.5 Å². The van der Waals surface area contributed by atoms with E-state index in [0.717, 1.165) is 66.1 Å². The van der Waals surface area contributed by atoms with Gasteiger partial charge in [0, 0.05) is 43.0 Å². The van der Waals surface area contributed by atoms with Crippen LogP contribution in [0.1, 0.15) is 22.6 Å². The molecular formula is C29H30N4O4. The van der Waals surface area contributed by atoms with E-state index in [9.17, 15) is 5.41 Å². The highest BCUT2D eigenvalue weighted by Crippen LogP contribution is 2.48. The van der Waals surface area contributed by atoms with Crippen LogP contribution in [0.25, 0.3) is 10.8 Å². The summed E-state index contributed by atoms with van der Waals surface area (Å²) in [5.41, 5.74) is 3.14. The zero-order chi connectivity index (χ0) is 25.4. The fourth-order valence-electron chi connectivity index (χ4n) is 5.32. The maximum Gasteiger partial charge on any atom is 0.228 e. The minimum absolute atomic E-state index is 0.251. The third kappa shape index (κ3) is 4.22. The molecule has 1 saturated heterocycles. The van der Waals surface area contributed by atoms with Crippen molar-refractivity contribution in [2.24, 2.45) is 0 Å². The second kappa shape index (κ2) is 9.88. The van der Waals surface area contributed by atoms with E-state index in [2.05, 4.69) is 29.2 Å². The van der Waals surface area contributed by atoms with Gasteiger partial charge in [-0.1, -0.05) is 42.5 Å². The number of nitrogens with zero attached hydrogens (tertiary/aromatic N) is 3. The predicted octanol–water partition coefficient (Wildman–Crippen LogP) is 4.15. The van der Waals surface area contributed by atoms with Crippen LogP contribution in [0.2, 0.25) is 0 Å². The van der Waals surface area contributed by atoms with Crippen molar-refractivity contribution in [3.05, 3.63) is 83.1 Å². The molecule has 8 heteroatoms. The van der Waals surface area contributed by atoms with Gasteiger partial charge in [-0.2, -0.15) is 0 Å². The van der Waals surface area contributed by atoms with E-state index in [1.165, 1.54) is 0 Å². The normalized spacial score (nSPS) is 17.1. The number of ether oxygens (including phenoxy) is 4. The van der Waals surface area contributed by atoms with Gasteiger partial charge in [-0.15, -0.1) is 0 Å². The van der Waals surface area contributed by atoms with Crippen LogP contribution in [-0.4, -0.2) is 61.5 Å². The lowest BCUT2D eigenvalue weighted by molar-refractivity contribution is 0.0362. The van der Waals surface area contributed by atoms with Crippen LogP contribution in [0.5, 0.6) is 23.1 Å². The number of morpholine rings is 1. The smallest absolute Gasteiger partial charge is 0.228 e. The number of hydrogen-bond acceptors (Lipinski definition) is 7. The Morgan fingerprint density at radius 1 is 0.973 bits per heavy atom. The molecule has 2 aliphatic rings. The van der Waals surface area contributed by atoms with Crippen molar-refractivity contribution in [1.82, 2.24) is 14.5 Å². The van der Waals surface area contributed by atoms with Crippen molar-refractivity contribution in [3.63, 3.8) is 0 Å². The van der Waals surface area contributed by atoms with Gasteiger partial charge in [-0.3, -0.25) is 10.3 Å². The van der Waals surface area contributed by atoms with E-state index in [4.69, 9.17) is 23.9 Å². The average molecular weight is 499 g/mol. The molecule has 0 unspecified atom stereocenters. The molecule has 0 amide bonds. The van der Waals surface area contributed by atoms with Crippen LogP contribution >= 0.6 is 0 Å². The molecule has 8 nitrogen and oxygen atoms in total. The van der Waals surface area contributed by atoms with E-state index in [0.29, 0.717) is 29.4 Å². The summed E-state index contributed by atoms with van der Waals surface area (Å²) in [4.78, 5) is 7.08. The van der Waals surface area contributed by atoms with Gasteiger partial charge in [0.05, 0.1) is 33.0 Å². The quantitative estimate of drug-likeness (QED) is 0.379. The van der Waals surface area contributed by atoms with Crippen molar-refractivity contribution < 1.29 is 18.9 Å². The van der Waals surface area contributed by atoms with Gasteiger partial charge < -0.3 is 23.5 Å². The third-order valence-electron chi connectivity index (χ3n) is 7.30. The molecule has 0 radical (unpaired) electrons. The van der Waals surface area contributed by atoms with Gasteiger partial charge in [0.2, 0.25) is 5.88 Å². The molecule has 0 saturated carbocycles. The van der Waals surface area contributed by atoms with Gasteiger partial charge in [0.1, 0.15) is 17.6 Å². The summed E-state index contributed by atoms with van der Waals surface area (Å²) < 4.78 is 25.0. The van der Waals surface area contributed by atoms with E-state index in [1.54, 1.807) is 20.5 Å². The highest BCUT2D eigenvalue weighted by molar-refractivity contribution is 5.91. The summed E-state index contributed by atoms with van der Waals surface area (Å²) in [5.74, 6) is 2.31. The second-order valence-electron chi connectivity index (χ2n) is 9.31. The van der Waals surface area contributed by atoms with Crippen molar-refractivity contribution in [3.8, 4) is 23.1 Å². The average Bonchev–Trinajstić information content (AvgIpc) is 2.96. The number of methoxy groups -OCH3 is 2. The lowest BCUT2D eigenvalue weighted by atomic mass is 9.82. The SMILES string of the molecule is COc1ccc([C@@H]2c3ccc4ccccc4c3Oc3ncn(CCN4CCOCC4)c(=N)c32)cc1OC. The van der Waals surface area contributed by atoms with Gasteiger partial charge in [-0.25, -0.2) is 4.98 Å².